The molecule has 0 aromatic rings. The van der Waals surface area contributed by atoms with Gasteiger partial charge in [0.1, 0.15) is 5.88 Å². The average Bonchev–Trinajstić information content (AvgIpc) is 1.84. The van der Waals surface area contributed by atoms with Gasteiger partial charge in [-0.05, 0) is 12.9 Å². The van der Waals surface area contributed by atoms with Crippen molar-refractivity contribution in [1.29, 1.82) is 0 Å². The SMILES string of the molecule is CCS(=O)(=O)CNOS. The summed E-state index contributed by atoms with van der Waals surface area (Å²) in [6, 6.07) is 0. The first-order chi connectivity index (χ1) is 4.12. The van der Waals surface area contributed by atoms with Crippen LogP contribution in [-0.2, 0) is 14.1 Å². The van der Waals surface area contributed by atoms with E-state index in [-0.39, 0.29) is 11.6 Å². The lowest BCUT2D eigenvalue weighted by Crippen LogP contribution is -2.21. The molecule has 4 nitrogen and oxygen atoms in total. The van der Waals surface area contributed by atoms with Crippen LogP contribution in [0.4, 0.5) is 0 Å². The van der Waals surface area contributed by atoms with E-state index in [0.717, 1.165) is 0 Å². The van der Waals surface area contributed by atoms with Gasteiger partial charge >= 0.3 is 0 Å². The summed E-state index contributed by atoms with van der Waals surface area (Å²) < 4.78 is 25.2. The fourth-order valence-corrected chi connectivity index (χ4v) is 0.813. The summed E-state index contributed by atoms with van der Waals surface area (Å²) in [5.41, 5.74) is 2.12. The van der Waals surface area contributed by atoms with Gasteiger partial charge in [0.05, 0.1) is 0 Å². The summed E-state index contributed by atoms with van der Waals surface area (Å²) in [7, 11) is -2.97. The number of rotatable bonds is 4. The summed E-state index contributed by atoms with van der Waals surface area (Å²) in [5, 5.41) is 0. The van der Waals surface area contributed by atoms with Crippen molar-refractivity contribution in [2.24, 2.45) is 0 Å². The third kappa shape index (κ3) is 4.71. The Labute approximate surface area is 60.1 Å². The molecule has 0 saturated carbocycles. The molecule has 0 radical (unpaired) electrons. The van der Waals surface area contributed by atoms with E-state index < -0.39 is 9.84 Å². The van der Waals surface area contributed by atoms with E-state index in [1.807, 2.05) is 0 Å². The molecule has 0 heterocycles. The largest absolute Gasteiger partial charge is 0.234 e. The van der Waals surface area contributed by atoms with Crippen LogP contribution < -0.4 is 5.48 Å². The van der Waals surface area contributed by atoms with E-state index >= 15 is 0 Å². The molecule has 0 atom stereocenters. The number of sulfone groups is 1. The second-order valence-electron chi connectivity index (χ2n) is 1.41. The number of thiol groups is 1. The predicted octanol–water partition coefficient (Wildman–Crippen LogP) is -0.255. The molecule has 0 aromatic heterocycles. The Hall–Kier alpha value is 0.220. The summed E-state index contributed by atoms with van der Waals surface area (Å²) >= 11 is 3.30. The Morgan fingerprint density at radius 3 is 2.56 bits per heavy atom. The molecule has 0 aromatic carbocycles. The molecule has 0 amide bonds. The van der Waals surface area contributed by atoms with Crippen LogP contribution in [0.3, 0.4) is 0 Å². The van der Waals surface area contributed by atoms with Crippen LogP contribution >= 0.6 is 12.9 Å². The monoisotopic (exact) mass is 171 g/mol. The van der Waals surface area contributed by atoms with E-state index in [1.54, 1.807) is 6.92 Å². The average molecular weight is 171 g/mol. The van der Waals surface area contributed by atoms with Crippen LogP contribution in [0.1, 0.15) is 6.92 Å². The quantitative estimate of drug-likeness (QED) is 0.348. The van der Waals surface area contributed by atoms with Crippen LogP contribution in [-0.4, -0.2) is 20.0 Å². The number of nitrogens with one attached hydrogen (secondary N) is 1. The fraction of sp³-hybridized carbons (Fsp3) is 1.00. The molecule has 0 unspecified atom stereocenters. The normalized spacial score (nSPS) is 11.8. The third-order valence-corrected chi connectivity index (χ3v) is 2.35. The molecule has 0 aliphatic rings. The van der Waals surface area contributed by atoms with Gasteiger partial charge < -0.3 is 0 Å². The van der Waals surface area contributed by atoms with Gasteiger partial charge in [-0.25, -0.2) is 12.7 Å². The molecule has 0 aliphatic heterocycles. The van der Waals surface area contributed by atoms with Crippen molar-refractivity contribution in [2.75, 3.05) is 11.6 Å². The molecule has 0 fully saturated rings. The summed E-state index contributed by atoms with van der Waals surface area (Å²) in [5.74, 6) is -0.0792. The minimum atomic E-state index is -2.97. The summed E-state index contributed by atoms with van der Waals surface area (Å²) in [6.07, 6.45) is 0. The standard InChI is InChI=1S/C3H9NO3S2/c1-2-9(5,6)3-4-7-8/h4,8H,2-3H2,1H3. The van der Waals surface area contributed by atoms with Gasteiger partial charge in [0, 0.05) is 5.75 Å². The fourth-order valence-electron chi connectivity index (χ4n) is 0.218. The topological polar surface area (TPSA) is 55.4 Å². The van der Waals surface area contributed by atoms with Crippen molar-refractivity contribution < 1.29 is 12.7 Å². The van der Waals surface area contributed by atoms with Gasteiger partial charge in [-0.15, -0.1) is 0 Å². The Balaban J connectivity index is 3.61. The van der Waals surface area contributed by atoms with E-state index in [1.165, 1.54) is 0 Å². The Kier molecular flexibility index (Phi) is 4.20. The zero-order valence-corrected chi connectivity index (χ0v) is 6.71. The lowest BCUT2D eigenvalue weighted by Gasteiger charge is -1.98. The minimum absolute atomic E-state index is 0.108. The van der Waals surface area contributed by atoms with Crippen molar-refractivity contribution >= 4 is 22.7 Å². The third-order valence-electron chi connectivity index (χ3n) is 0.783. The van der Waals surface area contributed by atoms with Crippen molar-refractivity contribution in [2.45, 2.75) is 6.92 Å². The highest BCUT2D eigenvalue weighted by atomic mass is 32.2. The zero-order valence-electron chi connectivity index (χ0n) is 4.99. The van der Waals surface area contributed by atoms with Gasteiger partial charge in [0.2, 0.25) is 0 Å². The maximum absolute atomic E-state index is 10.6. The van der Waals surface area contributed by atoms with Gasteiger partial charge in [0.15, 0.2) is 9.84 Å². The van der Waals surface area contributed by atoms with E-state index in [4.69, 9.17) is 0 Å². The Bertz CT molecular complexity index is 152. The highest BCUT2D eigenvalue weighted by molar-refractivity contribution is 7.91. The first-order valence-corrected chi connectivity index (χ1v) is 4.54. The molecule has 0 saturated heterocycles. The zero-order chi connectivity index (χ0) is 7.33. The Morgan fingerprint density at radius 2 is 2.22 bits per heavy atom. The minimum Gasteiger partial charge on any atom is -0.234 e. The van der Waals surface area contributed by atoms with Crippen LogP contribution in [0.15, 0.2) is 0 Å². The molecule has 9 heavy (non-hydrogen) atoms. The van der Waals surface area contributed by atoms with Crippen LogP contribution in [0.5, 0.6) is 0 Å². The van der Waals surface area contributed by atoms with Gasteiger partial charge in [-0.2, -0.15) is 5.48 Å². The highest BCUT2D eigenvalue weighted by Crippen LogP contribution is 1.85. The smallest absolute Gasteiger partial charge is 0.165 e. The Morgan fingerprint density at radius 1 is 1.67 bits per heavy atom. The van der Waals surface area contributed by atoms with Crippen molar-refractivity contribution in [3.05, 3.63) is 0 Å². The number of hydrogen-bond donors (Lipinski definition) is 2. The molecular formula is C3H9NO3S2. The van der Waals surface area contributed by atoms with E-state index in [2.05, 4.69) is 22.7 Å². The lowest BCUT2D eigenvalue weighted by molar-refractivity contribution is 0.267. The van der Waals surface area contributed by atoms with Crippen molar-refractivity contribution in [3.8, 4) is 0 Å². The maximum atomic E-state index is 10.6. The van der Waals surface area contributed by atoms with Crippen LogP contribution in [0, 0.1) is 0 Å². The van der Waals surface area contributed by atoms with E-state index in [0.29, 0.717) is 0 Å². The molecule has 1 N–H and O–H groups in total. The lowest BCUT2D eigenvalue weighted by atomic mass is 11.0. The number of hydrogen-bond acceptors (Lipinski definition) is 5. The first-order valence-electron chi connectivity index (χ1n) is 2.36. The van der Waals surface area contributed by atoms with Crippen LogP contribution in [0.25, 0.3) is 0 Å². The predicted molar refractivity (Wildman–Crippen MR) is 37.5 cm³/mol. The molecule has 56 valence electrons. The molecule has 0 bridgehead atoms. The molecule has 6 heteroatoms. The maximum Gasteiger partial charge on any atom is 0.165 e. The van der Waals surface area contributed by atoms with Gasteiger partial charge in [0.25, 0.3) is 0 Å². The van der Waals surface area contributed by atoms with Crippen molar-refractivity contribution in [1.82, 2.24) is 5.48 Å². The molecule has 0 spiro atoms. The molecule has 0 rings (SSSR count). The molecular weight excluding hydrogens is 162 g/mol. The van der Waals surface area contributed by atoms with Crippen LogP contribution in [0.2, 0.25) is 0 Å². The first kappa shape index (κ1) is 9.22. The summed E-state index contributed by atoms with van der Waals surface area (Å²) in [4.78, 5) is 0. The second-order valence-corrected chi connectivity index (χ2v) is 3.95. The highest BCUT2D eigenvalue weighted by Gasteiger charge is 2.04. The second kappa shape index (κ2) is 4.10. The van der Waals surface area contributed by atoms with Crippen molar-refractivity contribution in [3.63, 3.8) is 0 Å². The van der Waals surface area contributed by atoms with E-state index in [9.17, 15) is 8.42 Å². The van der Waals surface area contributed by atoms with Gasteiger partial charge in [-0.3, -0.25) is 0 Å². The summed E-state index contributed by atoms with van der Waals surface area (Å²) in [6.45, 7) is 1.57. The van der Waals surface area contributed by atoms with Gasteiger partial charge in [-0.1, -0.05) is 6.92 Å². The molecule has 0 aliphatic carbocycles. The number of hydroxylamine groups is 1.